The van der Waals surface area contributed by atoms with E-state index in [1.165, 1.54) is 4.57 Å². The third kappa shape index (κ3) is 4.74. The number of aliphatic hydroxyl groups is 2. The Morgan fingerprint density at radius 2 is 1.57 bits per heavy atom. The van der Waals surface area contributed by atoms with E-state index in [2.05, 4.69) is 10.3 Å². The molecule has 3 aromatic carbocycles. The van der Waals surface area contributed by atoms with Crippen LogP contribution < -0.4 is 15.7 Å². The zero-order valence-corrected chi connectivity index (χ0v) is 20.4. The third-order valence-electron chi connectivity index (χ3n) is 6.78. The van der Waals surface area contributed by atoms with Gasteiger partial charge in [-0.3, -0.25) is 4.57 Å². The van der Waals surface area contributed by atoms with Crippen LogP contribution in [0.5, 0.6) is 5.75 Å². The molecule has 0 spiro atoms. The second-order valence-electron chi connectivity index (χ2n) is 8.95. The maximum absolute atomic E-state index is 13.1. The minimum Gasteiger partial charge on any atom is -0.497 e. The Labute approximate surface area is 214 Å². The van der Waals surface area contributed by atoms with Gasteiger partial charge < -0.3 is 25.0 Å². The van der Waals surface area contributed by atoms with E-state index < -0.39 is 29.7 Å². The molecular formula is C29H29N3O5. The van der Waals surface area contributed by atoms with Crippen molar-refractivity contribution in [1.82, 2.24) is 9.55 Å². The van der Waals surface area contributed by atoms with Crippen molar-refractivity contribution in [2.24, 2.45) is 0 Å². The predicted molar refractivity (Wildman–Crippen MR) is 139 cm³/mol. The fraction of sp³-hybridized carbons (Fsp3) is 0.241. The summed E-state index contributed by atoms with van der Waals surface area (Å²) < 4.78 is 12.4. The number of ether oxygens (including phenoxy) is 2. The minimum absolute atomic E-state index is 0.198. The van der Waals surface area contributed by atoms with E-state index in [4.69, 9.17) is 9.47 Å². The first kappa shape index (κ1) is 24.7. The summed E-state index contributed by atoms with van der Waals surface area (Å²) >= 11 is 0. The van der Waals surface area contributed by atoms with E-state index in [0.717, 1.165) is 22.4 Å². The van der Waals surface area contributed by atoms with Gasteiger partial charge in [-0.25, -0.2) is 4.79 Å². The molecule has 1 aromatic heterocycles. The van der Waals surface area contributed by atoms with Crippen LogP contribution in [0.4, 0.5) is 5.82 Å². The zero-order valence-electron chi connectivity index (χ0n) is 20.4. The van der Waals surface area contributed by atoms with Crippen molar-refractivity contribution in [3.63, 3.8) is 0 Å². The van der Waals surface area contributed by atoms with E-state index in [9.17, 15) is 15.0 Å². The Morgan fingerprint density at radius 1 is 0.973 bits per heavy atom. The van der Waals surface area contributed by atoms with Crippen molar-refractivity contribution in [2.75, 3.05) is 19.0 Å². The fourth-order valence-electron chi connectivity index (χ4n) is 4.88. The number of hydrogen-bond donors (Lipinski definition) is 3. The molecule has 1 fully saturated rings. The van der Waals surface area contributed by atoms with Crippen LogP contribution >= 0.6 is 0 Å². The standard InChI is InChI=1S/C29H29N3O5/c1-36-23-14-12-22(13-15-23)29(20-8-4-2-5-9-20,21-10-6-3-7-11-21)31-26-16-17-32(28(35)30-26)27-18-24(34)25(19-33)37-27/h2-17,24-25,27,33-34H,18-19H2,1H3,(H,30,31,35)/t24-,25+,27+/m1/s1. The molecule has 3 atom stereocenters. The van der Waals surface area contributed by atoms with Gasteiger partial charge in [0, 0.05) is 12.6 Å². The van der Waals surface area contributed by atoms with Gasteiger partial charge in [0.25, 0.3) is 0 Å². The lowest BCUT2D eigenvalue weighted by molar-refractivity contribution is -0.0458. The SMILES string of the molecule is COc1ccc(C(Nc2ccn([C@@H]3C[C@@H](O)[C@H](CO)O3)c(=O)n2)(c2ccccc2)c2ccccc2)cc1. The van der Waals surface area contributed by atoms with Crippen LogP contribution in [0.25, 0.3) is 0 Å². The normalized spacial score (nSPS) is 19.5. The lowest BCUT2D eigenvalue weighted by atomic mass is 9.77. The molecular weight excluding hydrogens is 470 g/mol. The fourth-order valence-corrected chi connectivity index (χ4v) is 4.88. The van der Waals surface area contributed by atoms with Crippen LogP contribution in [-0.2, 0) is 10.3 Å². The maximum atomic E-state index is 13.1. The Morgan fingerprint density at radius 3 is 2.08 bits per heavy atom. The van der Waals surface area contributed by atoms with E-state index in [-0.39, 0.29) is 13.0 Å². The number of nitrogens with one attached hydrogen (secondary N) is 1. The molecule has 37 heavy (non-hydrogen) atoms. The van der Waals surface area contributed by atoms with Gasteiger partial charge in [0.2, 0.25) is 0 Å². The summed E-state index contributed by atoms with van der Waals surface area (Å²) in [6.45, 7) is -0.321. The molecule has 8 heteroatoms. The molecule has 2 heterocycles. The molecule has 0 aliphatic carbocycles. The van der Waals surface area contributed by atoms with E-state index in [1.807, 2.05) is 84.9 Å². The van der Waals surface area contributed by atoms with Crippen LogP contribution in [0.2, 0.25) is 0 Å². The topological polar surface area (TPSA) is 106 Å². The summed E-state index contributed by atoms with van der Waals surface area (Å²) in [5.41, 5.74) is 1.47. The van der Waals surface area contributed by atoms with Crippen molar-refractivity contribution in [2.45, 2.75) is 30.4 Å². The zero-order chi connectivity index (χ0) is 25.8. The van der Waals surface area contributed by atoms with Gasteiger partial charge in [0.15, 0.2) is 0 Å². The summed E-state index contributed by atoms with van der Waals surface area (Å²) in [5, 5.41) is 23.1. The Hall–Kier alpha value is -3.98. The van der Waals surface area contributed by atoms with Gasteiger partial charge in [-0.05, 0) is 34.9 Å². The summed E-state index contributed by atoms with van der Waals surface area (Å²) in [5.74, 6) is 1.11. The predicted octanol–water partition coefficient (Wildman–Crippen LogP) is 3.30. The summed E-state index contributed by atoms with van der Waals surface area (Å²) in [6.07, 6.45) is -0.476. The highest BCUT2D eigenvalue weighted by atomic mass is 16.5. The molecule has 1 saturated heterocycles. The highest BCUT2D eigenvalue weighted by molar-refractivity contribution is 5.58. The number of benzene rings is 3. The Kier molecular flexibility index (Phi) is 7.05. The first-order valence-electron chi connectivity index (χ1n) is 12.1. The van der Waals surface area contributed by atoms with Crippen molar-refractivity contribution in [3.8, 4) is 5.75 Å². The second-order valence-corrected chi connectivity index (χ2v) is 8.95. The molecule has 1 aliphatic rings. The minimum atomic E-state index is -0.873. The highest BCUT2D eigenvalue weighted by Gasteiger charge is 2.38. The molecule has 3 N–H and O–H groups in total. The molecule has 0 unspecified atom stereocenters. The van der Waals surface area contributed by atoms with Gasteiger partial charge in [0.05, 0.1) is 19.8 Å². The monoisotopic (exact) mass is 499 g/mol. The Bertz CT molecular complexity index is 1340. The van der Waals surface area contributed by atoms with Crippen molar-refractivity contribution in [1.29, 1.82) is 0 Å². The largest absolute Gasteiger partial charge is 0.497 e. The van der Waals surface area contributed by atoms with E-state index in [1.54, 1.807) is 19.4 Å². The van der Waals surface area contributed by atoms with Crippen molar-refractivity contribution < 1.29 is 19.7 Å². The average molecular weight is 500 g/mol. The summed E-state index contributed by atoms with van der Waals surface area (Å²) in [6, 6.07) is 29.5. The number of methoxy groups -OCH3 is 1. The molecule has 0 amide bonds. The first-order valence-corrected chi connectivity index (χ1v) is 12.1. The first-order chi connectivity index (χ1) is 18.0. The summed E-state index contributed by atoms with van der Waals surface area (Å²) in [7, 11) is 1.63. The van der Waals surface area contributed by atoms with Crippen LogP contribution in [0.1, 0.15) is 29.3 Å². The van der Waals surface area contributed by atoms with Gasteiger partial charge >= 0.3 is 5.69 Å². The summed E-state index contributed by atoms with van der Waals surface area (Å²) in [4.78, 5) is 17.4. The lowest BCUT2D eigenvalue weighted by Gasteiger charge is -2.37. The van der Waals surface area contributed by atoms with Crippen LogP contribution in [0.15, 0.2) is 102 Å². The number of aliphatic hydroxyl groups excluding tert-OH is 2. The molecule has 5 rings (SSSR count). The quantitative estimate of drug-likeness (QED) is 0.320. The van der Waals surface area contributed by atoms with Crippen LogP contribution in [-0.4, -0.2) is 45.7 Å². The smallest absolute Gasteiger partial charge is 0.351 e. The molecule has 8 nitrogen and oxygen atoms in total. The number of anilines is 1. The molecule has 0 radical (unpaired) electrons. The highest BCUT2D eigenvalue weighted by Crippen LogP contribution is 2.40. The number of aromatic nitrogens is 2. The number of hydrogen-bond acceptors (Lipinski definition) is 7. The Balaban J connectivity index is 1.61. The van der Waals surface area contributed by atoms with Gasteiger partial charge in [0.1, 0.15) is 29.4 Å². The number of nitrogens with zero attached hydrogens (tertiary/aromatic N) is 2. The third-order valence-corrected chi connectivity index (χ3v) is 6.78. The lowest BCUT2D eigenvalue weighted by Crippen LogP contribution is -2.39. The van der Waals surface area contributed by atoms with Gasteiger partial charge in [-0.1, -0.05) is 72.8 Å². The van der Waals surface area contributed by atoms with Crippen molar-refractivity contribution >= 4 is 5.82 Å². The van der Waals surface area contributed by atoms with E-state index in [0.29, 0.717) is 5.82 Å². The average Bonchev–Trinajstić information content (AvgIpc) is 3.33. The van der Waals surface area contributed by atoms with E-state index >= 15 is 0 Å². The second kappa shape index (κ2) is 10.6. The molecule has 190 valence electrons. The van der Waals surface area contributed by atoms with Crippen molar-refractivity contribution in [3.05, 3.63) is 124 Å². The maximum Gasteiger partial charge on any atom is 0.351 e. The van der Waals surface area contributed by atoms with Gasteiger partial charge in [-0.2, -0.15) is 4.98 Å². The number of rotatable bonds is 8. The molecule has 1 aliphatic heterocycles. The molecule has 0 bridgehead atoms. The van der Waals surface area contributed by atoms with Crippen LogP contribution in [0.3, 0.4) is 0 Å². The molecule has 0 saturated carbocycles. The molecule has 4 aromatic rings. The van der Waals surface area contributed by atoms with Crippen LogP contribution in [0, 0.1) is 0 Å². The van der Waals surface area contributed by atoms with Gasteiger partial charge in [-0.15, -0.1) is 0 Å².